The van der Waals surface area contributed by atoms with Crippen LogP contribution in [0.1, 0.15) is 35.3 Å². The fourth-order valence-corrected chi connectivity index (χ4v) is 4.41. The summed E-state index contributed by atoms with van der Waals surface area (Å²) in [6.45, 7) is 8.48. The van der Waals surface area contributed by atoms with Crippen molar-refractivity contribution in [3.63, 3.8) is 0 Å². The van der Waals surface area contributed by atoms with Gasteiger partial charge in [0.05, 0.1) is 0 Å². The van der Waals surface area contributed by atoms with Gasteiger partial charge in [-0.15, -0.1) is 23.1 Å². The van der Waals surface area contributed by atoms with Gasteiger partial charge < -0.3 is 0 Å². The predicted octanol–water partition coefficient (Wildman–Crippen LogP) is 6.29. The molecule has 21 heavy (non-hydrogen) atoms. The molecule has 0 saturated heterocycles. The number of allylic oxidation sites excluding steroid dienone is 2. The second kappa shape index (κ2) is 6.67. The Labute approximate surface area is 135 Å². The Morgan fingerprint density at radius 1 is 1.10 bits per heavy atom. The van der Waals surface area contributed by atoms with E-state index < -0.39 is 0 Å². The minimum atomic E-state index is 0.986. The number of thiophene rings is 1. The zero-order chi connectivity index (χ0) is 14.7. The van der Waals surface area contributed by atoms with Crippen molar-refractivity contribution in [1.82, 2.24) is 0 Å². The molecule has 0 atom stereocenters. The minimum Gasteiger partial charge on any atom is -0.144 e. The molecule has 0 amide bonds. The lowest BCUT2D eigenvalue weighted by Gasteiger charge is -2.17. The third-order valence-corrected chi connectivity index (χ3v) is 6.08. The molecule has 0 N–H and O–H groups in total. The number of hydrogen-bond acceptors (Lipinski definition) is 2. The molecule has 0 saturated carbocycles. The summed E-state index contributed by atoms with van der Waals surface area (Å²) in [6, 6.07) is 11.1. The highest BCUT2D eigenvalue weighted by molar-refractivity contribution is 7.99. The number of aryl methyl sites for hydroxylation is 1. The van der Waals surface area contributed by atoms with E-state index in [1.807, 2.05) is 11.8 Å². The summed E-state index contributed by atoms with van der Waals surface area (Å²) in [7, 11) is 0. The average molecular weight is 313 g/mol. The van der Waals surface area contributed by atoms with Crippen LogP contribution in [-0.4, -0.2) is 5.75 Å². The van der Waals surface area contributed by atoms with Crippen LogP contribution in [0.25, 0.3) is 11.1 Å². The van der Waals surface area contributed by atoms with E-state index in [4.69, 9.17) is 0 Å². The average Bonchev–Trinajstić information content (AvgIpc) is 3.06. The molecule has 0 bridgehead atoms. The SMILES string of the molecule is C=C(CCC(=C)c1cccs1)c1ccc2c(c1)SCCC2. The van der Waals surface area contributed by atoms with Gasteiger partial charge in [0.15, 0.2) is 0 Å². The first-order valence-corrected chi connectivity index (χ1v) is 9.26. The van der Waals surface area contributed by atoms with Gasteiger partial charge in [0.25, 0.3) is 0 Å². The van der Waals surface area contributed by atoms with Gasteiger partial charge >= 0.3 is 0 Å². The quantitative estimate of drug-likeness (QED) is 0.625. The lowest BCUT2D eigenvalue weighted by molar-refractivity contribution is 0.889. The highest BCUT2D eigenvalue weighted by atomic mass is 32.2. The molecule has 0 nitrogen and oxygen atoms in total. The predicted molar refractivity (Wildman–Crippen MR) is 97.1 cm³/mol. The molecular formula is C19H20S2. The van der Waals surface area contributed by atoms with Crippen molar-refractivity contribution in [2.75, 3.05) is 5.75 Å². The summed E-state index contributed by atoms with van der Waals surface area (Å²) in [4.78, 5) is 2.75. The van der Waals surface area contributed by atoms with Gasteiger partial charge in [-0.1, -0.05) is 31.4 Å². The molecule has 1 aliphatic rings. The van der Waals surface area contributed by atoms with Crippen LogP contribution in [0.4, 0.5) is 0 Å². The van der Waals surface area contributed by atoms with Crippen LogP contribution in [0.15, 0.2) is 53.8 Å². The minimum absolute atomic E-state index is 0.986. The maximum absolute atomic E-state index is 4.28. The number of rotatable bonds is 5. The molecule has 0 unspecified atom stereocenters. The standard InChI is InChI=1S/C19H20S2/c1-14(7-8-15(2)18-6-4-12-20-18)17-10-9-16-5-3-11-21-19(16)13-17/h4,6,9-10,12-13H,1-3,5,7-8,11H2. The van der Waals surface area contributed by atoms with Crippen molar-refractivity contribution in [1.29, 1.82) is 0 Å². The Kier molecular flexibility index (Phi) is 4.67. The molecule has 108 valence electrons. The smallest absolute Gasteiger partial charge is 0.0296 e. The van der Waals surface area contributed by atoms with Gasteiger partial charge in [-0.2, -0.15) is 0 Å². The first kappa shape index (κ1) is 14.7. The Bertz CT molecular complexity index is 650. The molecule has 1 aromatic carbocycles. The lowest BCUT2D eigenvalue weighted by Crippen LogP contribution is -1.99. The van der Waals surface area contributed by atoms with E-state index in [1.165, 1.54) is 50.6 Å². The van der Waals surface area contributed by atoms with Crippen LogP contribution >= 0.6 is 23.1 Å². The summed E-state index contributed by atoms with van der Waals surface area (Å²) in [5.74, 6) is 1.25. The lowest BCUT2D eigenvalue weighted by atomic mass is 9.98. The first-order chi connectivity index (χ1) is 10.2. The van der Waals surface area contributed by atoms with Gasteiger partial charge in [-0.25, -0.2) is 0 Å². The summed E-state index contributed by atoms with van der Waals surface area (Å²) in [5, 5.41) is 2.11. The monoisotopic (exact) mass is 312 g/mol. The fraction of sp³-hybridized carbons (Fsp3) is 0.263. The molecule has 0 radical (unpaired) electrons. The van der Waals surface area contributed by atoms with Gasteiger partial charge in [0.2, 0.25) is 0 Å². The molecule has 2 heterocycles. The second-order valence-electron chi connectivity index (χ2n) is 5.46. The first-order valence-electron chi connectivity index (χ1n) is 7.39. The van der Waals surface area contributed by atoms with Crippen LogP contribution in [0, 0.1) is 0 Å². The van der Waals surface area contributed by atoms with E-state index in [0.29, 0.717) is 0 Å². The van der Waals surface area contributed by atoms with Gasteiger partial charge in [-0.3, -0.25) is 0 Å². The van der Waals surface area contributed by atoms with Gasteiger partial charge in [-0.05, 0) is 71.2 Å². The summed E-state index contributed by atoms with van der Waals surface area (Å²) >= 11 is 3.75. The summed E-state index contributed by atoms with van der Waals surface area (Å²) < 4.78 is 0. The Morgan fingerprint density at radius 2 is 1.95 bits per heavy atom. The van der Waals surface area contributed by atoms with Crippen LogP contribution in [0.3, 0.4) is 0 Å². The molecule has 1 aromatic heterocycles. The number of fused-ring (bicyclic) bond motifs is 1. The maximum Gasteiger partial charge on any atom is 0.0296 e. The largest absolute Gasteiger partial charge is 0.144 e. The molecule has 0 aliphatic carbocycles. The van der Waals surface area contributed by atoms with Crippen LogP contribution in [-0.2, 0) is 6.42 Å². The summed E-state index contributed by atoms with van der Waals surface area (Å²) in [6.07, 6.45) is 4.51. The highest BCUT2D eigenvalue weighted by Gasteiger charge is 2.11. The molecular weight excluding hydrogens is 292 g/mol. The van der Waals surface area contributed by atoms with E-state index >= 15 is 0 Å². The van der Waals surface area contributed by atoms with E-state index in [9.17, 15) is 0 Å². The Balaban J connectivity index is 1.64. The van der Waals surface area contributed by atoms with Crippen molar-refractivity contribution < 1.29 is 0 Å². The van der Waals surface area contributed by atoms with E-state index in [2.05, 4.69) is 48.9 Å². The van der Waals surface area contributed by atoms with Crippen molar-refractivity contribution >= 4 is 34.2 Å². The molecule has 3 rings (SSSR count). The van der Waals surface area contributed by atoms with Crippen molar-refractivity contribution in [3.8, 4) is 0 Å². The fourth-order valence-electron chi connectivity index (χ4n) is 2.61. The number of thioether (sulfide) groups is 1. The Morgan fingerprint density at radius 3 is 2.76 bits per heavy atom. The molecule has 0 spiro atoms. The summed E-state index contributed by atoms with van der Waals surface area (Å²) in [5.41, 5.74) is 5.24. The molecule has 2 heteroatoms. The number of benzene rings is 1. The number of hydrogen-bond donors (Lipinski definition) is 0. The molecule has 2 aromatic rings. The highest BCUT2D eigenvalue weighted by Crippen LogP contribution is 2.33. The normalized spacial score (nSPS) is 13.7. The van der Waals surface area contributed by atoms with Gasteiger partial charge in [0.1, 0.15) is 0 Å². The maximum atomic E-state index is 4.28. The van der Waals surface area contributed by atoms with E-state index in [1.54, 1.807) is 11.3 Å². The van der Waals surface area contributed by atoms with Crippen molar-refractivity contribution in [3.05, 3.63) is 64.9 Å². The third-order valence-electron chi connectivity index (χ3n) is 3.92. The van der Waals surface area contributed by atoms with Crippen LogP contribution in [0.2, 0.25) is 0 Å². The van der Waals surface area contributed by atoms with E-state index in [-0.39, 0.29) is 0 Å². The topological polar surface area (TPSA) is 0 Å². The van der Waals surface area contributed by atoms with Crippen molar-refractivity contribution in [2.45, 2.75) is 30.6 Å². The third kappa shape index (κ3) is 3.50. The molecule has 1 aliphatic heterocycles. The second-order valence-corrected chi connectivity index (χ2v) is 7.54. The van der Waals surface area contributed by atoms with Crippen molar-refractivity contribution in [2.24, 2.45) is 0 Å². The zero-order valence-corrected chi connectivity index (χ0v) is 13.9. The zero-order valence-electron chi connectivity index (χ0n) is 12.2. The van der Waals surface area contributed by atoms with Crippen LogP contribution < -0.4 is 0 Å². The van der Waals surface area contributed by atoms with Crippen LogP contribution in [0.5, 0.6) is 0 Å². The Hall–Kier alpha value is -1.25. The molecule has 0 fully saturated rings. The van der Waals surface area contributed by atoms with E-state index in [0.717, 1.165) is 12.8 Å². The van der Waals surface area contributed by atoms with Gasteiger partial charge in [0, 0.05) is 9.77 Å².